The normalized spacial score (nSPS) is 11.1. The molecule has 0 unspecified atom stereocenters. The van der Waals surface area contributed by atoms with Gasteiger partial charge in [0.1, 0.15) is 11.4 Å². The standard InChI is InChI=1S/C32H20N3O.Pt/c36-31-24-11-2-1-8-21(24)17-18-27(31)29-15-6-14-28(34-29)22-9-5-10-23(20-22)35-30-16-4-3-12-25(30)26-13-7-19-33-32(26)35;/h1-19,36H;/q-1;. The number of hydrogen-bond acceptors (Lipinski definition) is 3. The number of phenols is 1. The molecule has 0 aliphatic carbocycles. The molecule has 4 nitrogen and oxygen atoms in total. The van der Waals surface area contributed by atoms with E-state index in [2.05, 4.69) is 39.9 Å². The minimum atomic E-state index is 0. The van der Waals surface area contributed by atoms with Crippen molar-refractivity contribution in [3.63, 3.8) is 0 Å². The summed E-state index contributed by atoms with van der Waals surface area (Å²) in [5, 5.41) is 15.1. The molecule has 5 heteroatoms. The van der Waals surface area contributed by atoms with Crippen molar-refractivity contribution in [2.45, 2.75) is 0 Å². The molecule has 0 atom stereocenters. The van der Waals surface area contributed by atoms with Gasteiger partial charge in [-0.05, 0) is 47.1 Å². The SMILES string of the molecule is Oc1c(-c2cccc(-c3[c-]c(-n4c5ccccc5c5cccnc54)ccc3)n2)ccc2ccccc12.[Pt]. The first-order valence-electron chi connectivity index (χ1n) is 11.8. The quantitative estimate of drug-likeness (QED) is 0.200. The van der Waals surface area contributed by atoms with Crippen molar-refractivity contribution >= 4 is 32.7 Å². The third-order valence-electron chi connectivity index (χ3n) is 6.66. The smallest absolute Gasteiger partial charge is 0.144 e. The average Bonchev–Trinajstić information content (AvgIpc) is 3.28. The Morgan fingerprint density at radius 1 is 0.649 bits per heavy atom. The van der Waals surface area contributed by atoms with Crippen LogP contribution >= 0.6 is 0 Å². The Morgan fingerprint density at radius 2 is 1.41 bits per heavy atom. The molecule has 0 spiro atoms. The van der Waals surface area contributed by atoms with Crippen LogP contribution in [0.2, 0.25) is 0 Å². The van der Waals surface area contributed by atoms with Crippen LogP contribution in [0, 0.1) is 6.07 Å². The second kappa shape index (κ2) is 9.31. The summed E-state index contributed by atoms with van der Waals surface area (Å²) in [5.41, 5.74) is 5.97. The van der Waals surface area contributed by atoms with E-state index in [1.54, 1.807) is 0 Å². The summed E-state index contributed by atoms with van der Waals surface area (Å²) < 4.78 is 2.15. The van der Waals surface area contributed by atoms with Crippen LogP contribution < -0.4 is 0 Å². The molecule has 0 saturated heterocycles. The van der Waals surface area contributed by atoms with Crippen LogP contribution in [-0.2, 0) is 21.1 Å². The summed E-state index contributed by atoms with van der Waals surface area (Å²) in [7, 11) is 0. The van der Waals surface area contributed by atoms with Crippen LogP contribution in [0.5, 0.6) is 5.75 Å². The van der Waals surface area contributed by atoms with Gasteiger partial charge in [0.25, 0.3) is 0 Å². The summed E-state index contributed by atoms with van der Waals surface area (Å²) in [5.74, 6) is 0.242. The number of nitrogens with zero attached hydrogens (tertiary/aromatic N) is 3. The summed E-state index contributed by atoms with van der Waals surface area (Å²) in [6.07, 6.45) is 1.82. The zero-order valence-corrected chi connectivity index (χ0v) is 21.8. The summed E-state index contributed by atoms with van der Waals surface area (Å²) in [4.78, 5) is 9.60. The Hall–Kier alpha value is -4.27. The van der Waals surface area contributed by atoms with Crippen molar-refractivity contribution < 1.29 is 26.2 Å². The van der Waals surface area contributed by atoms with Crippen molar-refractivity contribution in [1.82, 2.24) is 14.5 Å². The van der Waals surface area contributed by atoms with Crippen LogP contribution in [0.1, 0.15) is 0 Å². The van der Waals surface area contributed by atoms with Crippen molar-refractivity contribution in [2.75, 3.05) is 0 Å². The second-order valence-electron chi connectivity index (χ2n) is 8.77. The Kier molecular flexibility index (Phi) is 5.82. The van der Waals surface area contributed by atoms with Gasteiger partial charge in [0.15, 0.2) is 0 Å². The van der Waals surface area contributed by atoms with Gasteiger partial charge in [-0.1, -0.05) is 60.7 Å². The molecule has 0 bridgehead atoms. The van der Waals surface area contributed by atoms with Gasteiger partial charge in [-0.25, -0.2) is 4.98 Å². The van der Waals surface area contributed by atoms with Gasteiger partial charge in [-0.3, -0.25) is 4.98 Å². The first-order chi connectivity index (χ1) is 17.8. The molecule has 7 rings (SSSR count). The van der Waals surface area contributed by atoms with Crippen molar-refractivity contribution in [3.05, 3.63) is 121 Å². The van der Waals surface area contributed by atoms with Gasteiger partial charge in [0, 0.05) is 49.0 Å². The molecule has 3 aromatic heterocycles. The number of aromatic hydroxyl groups is 1. The van der Waals surface area contributed by atoms with E-state index in [9.17, 15) is 5.11 Å². The van der Waals surface area contributed by atoms with E-state index < -0.39 is 0 Å². The van der Waals surface area contributed by atoms with E-state index in [-0.39, 0.29) is 26.8 Å². The fourth-order valence-corrected chi connectivity index (χ4v) is 4.97. The molecule has 7 aromatic rings. The molecule has 3 heterocycles. The maximum absolute atomic E-state index is 11.0. The first kappa shape index (κ1) is 23.1. The van der Waals surface area contributed by atoms with E-state index >= 15 is 0 Å². The molecule has 0 radical (unpaired) electrons. The van der Waals surface area contributed by atoms with Gasteiger partial charge in [-0.15, -0.1) is 29.8 Å². The van der Waals surface area contributed by atoms with E-state index in [1.165, 1.54) is 0 Å². The van der Waals surface area contributed by atoms with Crippen LogP contribution in [0.15, 0.2) is 115 Å². The fraction of sp³-hybridized carbons (Fsp3) is 0. The maximum Gasteiger partial charge on any atom is 0.144 e. The number of phenolic OH excluding ortho intramolecular Hbond substituents is 1. The topological polar surface area (TPSA) is 50.9 Å². The molecule has 37 heavy (non-hydrogen) atoms. The Morgan fingerprint density at radius 3 is 2.32 bits per heavy atom. The van der Waals surface area contributed by atoms with E-state index in [1.807, 2.05) is 91.1 Å². The Balaban J connectivity index is 0.00000252. The largest absolute Gasteiger partial charge is 0.507 e. The Labute approximate surface area is 228 Å². The molecule has 0 amide bonds. The number of hydrogen-bond donors (Lipinski definition) is 1. The van der Waals surface area contributed by atoms with Crippen molar-refractivity contribution in [2.24, 2.45) is 0 Å². The molecule has 1 N–H and O–H groups in total. The third kappa shape index (κ3) is 3.82. The monoisotopic (exact) mass is 657 g/mol. The van der Waals surface area contributed by atoms with E-state index in [4.69, 9.17) is 4.98 Å². The molecule has 180 valence electrons. The van der Waals surface area contributed by atoms with E-state index in [0.29, 0.717) is 11.3 Å². The molecular weight excluding hydrogens is 637 g/mol. The van der Waals surface area contributed by atoms with Gasteiger partial charge >= 0.3 is 0 Å². The van der Waals surface area contributed by atoms with Crippen LogP contribution in [0.3, 0.4) is 0 Å². The summed E-state index contributed by atoms with van der Waals surface area (Å²) in [6, 6.07) is 39.7. The molecule has 0 saturated carbocycles. The number of fused-ring (bicyclic) bond motifs is 4. The van der Waals surface area contributed by atoms with Crippen LogP contribution in [0.4, 0.5) is 0 Å². The molecule has 4 aromatic carbocycles. The molecular formula is C32H20N3OPt-. The minimum Gasteiger partial charge on any atom is -0.507 e. The van der Waals surface area contributed by atoms with Crippen molar-refractivity contribution in [3.8, 4) is 34.0 Å². The van der Waals surface area contributed by atoms with Gasteiger partial charge < -0.3 is 9.67 Å². The molecule has 0 aliphatic heterocycles. The predicted octanol–water partition coefficient (Wildman–Crippen LogP) is 7.56. The minimum absolute atomic E-state index is 0. The fourth-order valence-electron chi connectivity index (χ4n) is 4.97. The average molecular weight is 658 g/mol. The zero-order chi connectivity index (χ0) is 24.1. The first-order valence-corrected chi connectivity index (χ1v) is 11.8. The second-order valence-corrected chi connectivity index (χ2v) is 8.77. The molecule has 0 aliphatic rings. The number of para-hydroxylation sites is 1. The van der Waals surface area contributed by atoms with Crippen LogP contribution in [0.25, 0.3) is 60.9 Å². The van der Waals surface area contributed by atoms with Crippen LogP contribution in [-0.4, -0.2) is 19.6 Å². The number of aromatic nitrogens is 3. The number of pyridine rings is 2. The maximum atomic E-state index is 11.0. The van der Waals surface area contributed by atoms with Crippen molar-refractivity contribution in [1.29, 1.82) is 0 Å². The third-order valence-corrected chi connectivity index (χ3v) is 6.66. The summed E-state index contributed by atoms with van der Waals surface area (Å²) in [6.45, 7) is 0. The predicted molar refractivity (Wildman–Crippen MR) is 145 cm³/mol. The number of rotatable bonds is 3. The number of benzene rings is 4. The Bertz CT molecular complexity index is 1870. The van der Waals surface area contributed by atoms with Gasteiger partial charge in [0.05, 0.1) is 11.2 Å². The van der Waals surface area contributed by atoms with Gasteiger partial charge in [-0.2, -0.15) is 0 Å². The summed E-state index contributed by atoms with van der Waals surface area (Å²) >= 11 is 0. The molecule has 0 fully saturated rings. The van der Waals surface area contributed by atoms with E-state index in [0.717, 1.165) is 49.7 Å². The zero-order valence-electron chi connectivity index (χ0n) is 19.6. The van der Waals surface area contributed by atoms with Gasteiger partial charge in [0.2, 0.25) is 0 Å².